The molecule has 0 aliphatic carbocycles. The van der Waals surface area contributed by atoms with E-state index < -0.39 is 5.97 Å². The number of carbonyl (C=O) groups is 1. The molecule has 1 atom stereocenters. The number of aliphatic carboxylic acids is 1. The highest BCUT2D eigenvalue weighted by atomic mass is 16.4. The summed E-state index contributed by atoms with van der Waals surface area (Å²) in [6, 6.07) is 0.684. The van der Waals surface area contributed by atoms with Crippen LogP contribution in [0.4, 0.5) is 0 Å². The summed E-state index contributed by atoms with van der Waals surface area (Å²) in [5.41, 5.74) is 0. The Labute approximate surface area is 67.0 Å². The van der Waals surface area contributed by atoms with Crippen molar-refractivity contribution in [3.8, 4) is 0 Å². The largest absolute Gasteiger partial charge is 0.481 e. The van der Waals surface area contributed by atoms with Gasteiger partial charge in [-0.25, -0.2) is 0 Å². The summed E-state index contributed by atoms with van der Waals surface area (Å²) in [6.45, 7) is 4.29. The first-order valence-electron chi connectivity index (χ1n) is 4.16. The molecule has 1 aliphatic rings. The Balaban J connectivity index is 1.99. The summed E-state index contributed by atoms with van der Waals surface area (Å²) < 4.78 is 0. The lowest BCUT2D eigenvalue weighted by Gasteiger charge is -2.38. The summed E-state index contributed by atoms with van der Waals surface area (Å²) in [4.78, 5) is 12.5. The van der Waals surface area contributed by atoms with Gasteiger partial charge in [0.25, 0.3) is 0 Å². The number of hydrogen-bond donors (Lipinski definition) is 1. The fraction of sp³-hybridized carbons (Fsp3) is 0.875. The minimum atomic E-state index is -0.682. The van der Waals surface area contributed by atoms with Crippen LogP contribution in [0.2, 0.25) is 0 Å². The van der Waals surface area contributed by atoms with Gasteiger partial charge in [-0.05, 0) is 32.9 Å². The van der Waals surface area contributed by atoms with E-state index in [4.69, 9.17) is 5.11 Å². The van der Waals surface area contributed by atoms with Crippen LogP contribution in [0.1, 0.15) is 26.2 Å². The van der Waals surface area contributed by atoms with E-state index in [-0.39, 0.29) is 0 Å². The Morgan fingerprint density at radius 1 is 1.73 bits per heavy atom. The zero-order valence-electron chi connectivity index (χ0n) is 6.92. The van der Waals surface area contributed by atoms with Gasteiger partial charge in [0.2, 0.25) is 0 Å². The molecular formula is C8H15NO2. The zero-order valence-corrected chi connectivity index (χ0v) is 6.92. The van der Waals surface area contributed by atoms with Gasteiger partial charge in [-0.3, -0.25) is 4.79 Å². The average Bonchev–Trinajstić information content (AvgIpc) is 1.94. The van der Waals surface area contributed by atoms with Gasteiger partial charge in [-0.1, -0.05) is 0 Å². The van der Waals surface area contributed by atoms with Crippen molar-refractivity contribution in [1.29, 1.82) is 0 Å². The number of likely N-dealkylation sites (tertiary alicyclic amines) is 1. The first-order chi connectivity index (χ1) is 5.20. The Morgan fingerprint density at radius 2 is 2.45 bits per heavy atom. The molecule has 3 nitrogen and oxygen atoms in total. The van der Waals surface area contributed by atoms with Crippen LogP contribution in [-0.4, -0.2) is 35.1 Å². The second kappa shape index (κ2) is 3.72. The van der Waals surface area contributed by atoms with Crippen molar-refractivity contribution in [1.82, 2.24) is 4.90 Å². The molecule has 1 N–H and O–H groups in total. The molecule has 1 heterocycles. The summed E-state index contributed by atoms with van der Waals surface area (Å²) in [5, 5.41) is 8.36. The molecule has 0 radical (unpaired) electrons. The van der Waals surface area contributed by atoms with Crippen LogP contribution < -0.4 is 0 Å². The van der Waals surface area contributed by atoms with E-state index in [2.05, 4.69) is 11.8 Å². The van der Waals surface area contributed by atoms with Crippen molar-refractivity contribution >= 4 is 5.97 Å². The normalized spacial score (nSPS) is 24.6. The lowest BCUT2D eigenvalue weighted by molar-refractivity contribution is -0.137. The first-order valence-corrected chi connectivity index (χ1v) is 4.16. The lowest BCUT2D eigenvalue weighted by Crippen LogP contribution is -2.45. The van der Waals surface area contributed by atoms with Gasteiger partial charge in [0, 0.05) is 12.5 Å². The van der Waals surface area contributed by atoms with Crippen LogP contribution in [0.3, 0.4) is 0 Å². The molecule has 3 heteroatoms. The highest BCUT2D eigenvalue weighted by Gasteiger charge is 2.22. The fourth-order valence-corrected chi connectivity index (χ4v) is 1.34. The summed E-state index contributed by atoms with van der Waals surface area (Å²) in [5.74, 6) is -0.682. The Bertz CT molecular complexity index is 147. The molecule has 11 heavy (non-hydrogen) atoms. The van der Waals surface area contributed by atoms with Gasteiger partial charge in [0.05, 0.1) is 0 Å². The number of nitrogens with zero attached hydrogens (tertiary/aromatic N) is 1. The van der Waals surface area contributed by atoms with Crippen molar-refractivity contribution in [3.63, 3.8) is 0 Å². The summed E-state index contributed by atoms with van der Waals surface area (Å²) >= 11 is 0. The third kappa shape index (κ3) is 2.50. The maximum Gasteiger partial charge on any atom is 0.303 e. The summed E-state index contributed by atoms with van der Waals surface area (Å²) in [7, 11) is 0. The third-order valence-corrected chi connectivity index (χ3v) is 2.29. The van der Waals surface area contributed by atoms with Crippen LogP contribution in [0.25, 0.3) is 0 Å². The molecule has 0 spiro atoms. The quantitative estimate of drug-likeness (QED) is 0.660. The van der Waals surface area contributed by atoms with Gasteiger partial charge in [-0.2, -0.15) is 0 Å². The molecule has 0 aromatic heterocycles. The second-order valence-corrected chi connectivity index (χ2v) is 3.17. The predicted molar refractivity (Wildman–Crippen MR) is 42.5 cm³/mol. The molecular weight excluding hydrogens is 142 g/mol. The standard InChI is InChI=1S/C8H15NO2/c1-7-4-6-9(7)5-2-3-8(10)11/h7H,2-6H2,1H3,(H,10,11). The molecule has 0 amide bonds. The van der Waals surface area contributed by atoms with E-state index in [0.717, 1.165) is 19.5 Å². The number of hydrogen-bond acceptors (Lipinski definition) is 2. The SMILES string of the molecule is CC1CCN1CCCC(=O)O. The maximum atomic E-state index is 10.2. The molecule has 0 bridgehead atoms. The Kier molecular flexibility index (Phi) is 2.88. The molecule has 1 saturated heterocycles. The topological polar surface area (TPSA) is 40.5 Å². The van der Waals surface area contributed by atoms with Crippen LogP contribution in [0.15, 0.2) is 0 Å². The second-order valence-electron chi connectivity index (χ2n) is 3.17. The molecule has 1 fully saturated rings. The van der Waals surface area contributed by atoms with Gasteiger partial charge >= 0.3 is 5.97 Å². The van der Waals surface area contributed by atoms with Gasteiger partial charge in [-0.15, -0.1) is 0 Å². The Morgan fingerprint density at radius 3 is 2.82 bits per heavy atom. The first kappa shape index (κ1) is 8.53. The molecule has 0 aromatic rings. The number of carboxylic acid groups (broad SMARTS) is 1. The highest BCUT2D eigenvalue weighted by Crippen LogP contribution is 2.16. The zero-order chi connectivity index (χ0) is 8.27. The molecule has 0 aromatic carbocycles. The molecule has 1 aliphatic heterocycles. The Hall–Kier alpha value is -0.570. The van der Waals surface area contributed by atoms with Crippen LogP contribution in [0, 0.1) is 0 Å². The third-order valence-electron chi connectivity index (χ3n) is 2.29. The van der Waals surface area contributed by atoms with Crippen molar-refractivity contribution in [2.75, 3.05) is 13.1 Å². The maximum absolute atomic E-state index is 10.2. The van der Waals surface area contributed by atoms with E-state index in [1.165, 1.54) is 6.42 Å². The van der Waals surface area contributed by atoms with Crippen molar-refractivity contribution in [2.45, 2.75) is 32.2 Å². The lowest BCUT2D eigenvalue weighted by atomic mass is 10.1. The molecule has 1 rings (SSSR count). The number of rotatable bonds is 4. The van der Waals surface area contributed by atoms with E-state index >= 15 is 0 Å². The van der Waals surface area contributed by atoms with Crippen molar-refractivity contribution < 1.29 is 9.90 Å². The smallest absolute Gasteiger partial charge is 0.303 e. The van der Waals surface area contributed by atoms with Crippen molar-refractivity contribution in [2.24, 2.45) is 0 Å². The molecule has 0 saturated carbocycles. The van der Waals surface area contributed by atoms with Gasteiger partial charge in [0.1, 0.15) is 0 Å². The fourth-order valence-electron chi connectivity index (χ4n) is 1.34. The molecule has 1 unspecified atom stereocenters. The van der Waals surface area contributed by atoms with Gasteiger partial charge in [0.15, 0.2) is 0 Å². The van der Waals surface area contributed by atoms with Crippen LogP contribution in [-0.2, 0) is 4.79 Å². The van der Waals surface area contributed by atoms with E-state index in [1.807, 2.05) is 0 Å². The van der Waals surface area contributed by atoms with E-state index in [9.17, 15) is 4.79 Å². The monoisotopic (exact) mass is 157 g/mol. The predicted octanol–water partition coefficient (Wildman–Crippen LogP) is 0.945. The van der Waals surface area contributed by atoms with Crippen molar-refractivity contribution in [3.05, 3.63) is 0 Å². The highest BCUT2D eigenvalue weighted by molar-refractivity contribution is 5.66. The van der Waals surface area contributed by atoms with Crippen LogP contribution in [0.5, 0.6) is 0 Å². The van der Waals surface area contributed by atoms with E-state index in [0.29, 0.717) is 12.5 Å². The number of carboxylic acids is 1. The summed E-state index contributed by atoms with van der Waals surface area (Å²) in [6.07, 6.45) is 2.37. The van der Waals surface area contributed by atoms with E-state index in [1.54, 1.807) is 0 Å². The minimum absolute atomic E-state index is 0.309. The van der Waals surface area contributed by atoms with Crippen LogP contribution >= 0.6 is 0 Å². The van der Waals surface area contributed by atoms with Gasteiger partial charge < -0.3 is 10.0 Å². The average molecular weight is 157 g/mol. The molecule has 64 valence electrons. The minimum Gasteiger partial charge on any atom is -0.481 e.